The van der Waals surface area contributed by atoms with Gasteiger partial charge in [0, 0.05) is 25.7 Å². The second kappa shape index (κ2) is 8.81. The molecule has 7 nitrogen and oxygen atoms in total. The Kier molecular flexibility index (Phi) is 7.28. The zero-order chi connectivity index (χ0) is 17.2. The van der Waals surface area contributed by atoms with Gasteiger partial charge in [-0.25, -0.2) is 8.42 Å². The molecule has 0 aliphatic carbocycles. The van der Waals surface area contributed by atoms with E-state index < -0.39 is 10.0 Å². The van der Waals surface area contributed by atoms with E-state index >= 15 is 0 Å². The lowest BCUT2D eigenvalue weighted by Gasteiger charge is -2.34. The maximum absolute atomic E-state index is 13.3. The summed E-state index contributed by atoms with van der Waals surface area (Å²) in [5.41, 5.74) is 0.447. The van der Waals surface area contributed by atoms with Gasteiger partial charge in [-0.3, -0.25) is 0 Å². The summed E-state index contributed by atoms with van der Waals surface area (Å²) in [6.07, 6.45) is 4.32. The number of likely N-dealkylation sites (tertiary alicyclic amines) is 1. The van der Waals surface area contributed by atoms with Gasteiger partial charge in [-0.1, -0.05) is 5.16 Å². The first-order chi connectivity index (χ1) is 11.5. The Morgan fingerprint density at radius 1 is 1.28 bits per heavy atom. The van der Waals surface area contributed by atoms with Crippen LogP contribution in [0.5, 0.6) is 0 Å². The van der Waals surface area contributed by atoms with Crippen molar-refractivity contribution >= 4 is 22.4 Å². The van der Waals surface area contributed by atoms with Crippen LogP contribution >= 0.6 is 12.4 Å². The van der Waals surface area contributed by atoms with Gasteiger partial charge in [0.05, 0.1) is 0 Å². The SMILES string of the molecule is Cc1noc(C)c1S(=O)(=O)N(CCN1CCCC1)C1CCCNC1.Cl. The van der Waals surface area contributed by atoms with Crippen LogP contribution in [0.4, 0.5) is 0 Å². The van der Waals surface area contributed by atoms with Crippen LogP contribution in [0.15, 0.2) is 9.42 Å². The molecule has 1 aromatic rings. The second-order valence-corrected chi connectivity index (χ2v) is 8.65. The molecule has 2 aliphatic rings. The van der Waals surface area contributed by atoms with Crippen molar-refractivity contribution in [2.24, 2.45) is 0 Å². The molecule has 0 radical (unpaired) electrons. The third-order valence-electron chi connectivity index (χ3n) is 5.05. The first-order valence-electron chi connectivity index (χ1n) is 8.88. The zero-order valence-corrected chi connectivity index (χ0v) is 16.7. The fourth-order valence-corrected chi connectivity index (χ4v) is 5.72. The number of piperidine rings is 1. The molecule has 2 saturated heterocycles. The molecule has 0 amide bonds. The van der Waals surface area contributed by atoms with E-state index in [4.69, 9.17) is 4.52 Å². The first kappa shape index (κ1) is 20.6. The Labute approximate surface area is 156 Å². The molecule has 0 bridgehead atoms. The van der Waals surface area contributed by atoms with Gasteiger partial charge < -0.3 is 14.7 Å². The number of halogens is 1. The summed E-state index contributed by atoms with van der Waals surface area (Å²) in [5.74, 6) is 0.377. The van der Waals surface area contributed by atoms with Crippen molar-refractivity contribution in [1.29, 1.82) is 0 Å². The minimum Gasteiger partial charge on any atom is -0.360 e. The van der Waals surface area contributed by atoms with E-state index in [1.165, 1.54) is 12.8 Å². The van der Waals surface area contributed by atoms with Crippen LogP contribution in [-0.4, -0.2) is 68.1 Å². The molecule has 3 heterocycles. The molecule has 1 unspecified atom stereocenters. The van der Waals surface area contributed by atoms with Crippen LogP contribution < -0.4 is 5.32 Å². The number of hydrogen-bond acceptors (Lipinski definition) is 6. The van der Waals surface area contributed by atoms with Crippen LogP contribution in [0, 0.1) is 13.8 Å². The number of nitrogens with zero attached hydrogens (tertiary/aromatic N) is 3. The fourth-order valence-electron chi connectivity index (χ4n) is 3.78. The number of hydrogen-bond donors (Lipinski definition) is 1. The third kappa shape index (κ3) is 4.54. The van der Waals surface area contributed by atoms with Crippen molar-refractivity contribution in [3.63, 3.8) is 0 Å². The third-order valence-corrected chi connectivity index (χ3v) is 7.24. The van der Waals surface area contributed by atoms with Crippen LogP contribution in [0.2, 0.25) is 0 Å². The highest BCUT2D eigenvalue weighted by molar-refractivity contribution is 7.89. The smallest absolute Gasteiger partial charge is 0.248 e. The highest BCUT2D eigenvalue weighted by Crippen LogP contribution is 2.26. The molecule has 0 saturated carbocycles. The topological polar surface area (TPSA) is 78.7 Å². The number of nitrogens with one attached hydrogen (secondary N) is 1. The normalized spacial score (nSPS) is 22.3. The maximum atomic E-state index is 13.3. The summed E-state index contributed by atoms with van der Waals surface area (Å²) < 4.78 is 33.4. The van der Waals surface area contributed by atoms with Crippen molar-refractivity contribution < 1.29 is 12.9 Å². The molecule has 144 valence electrons. The van der Waals surface area contributed by atoms with Crippen molar-refractivity contribution in [2.45, 2.75) is 50.5 Å². The van der Waals surface area contributed by atoms with Gasteiger partial charge in [0.2, 0.25) is 10.0 Å². The molecule has 0 aromatic carbocycles. The van der Waals surface area contributed by atoms with Gasteiger partial charge in [-0.2, -0.15) is 4.31 Å². The second-order valence-electron chi connectivity index (χ2n) is 6.82. The minimum absolute atomic E-state index is 0. The molecule has 2 fully saturated rings. The molecule has 3 rings (SSSR count). The number of rotatable bonds is 6. The number of sulfonamides is 1. The quantitative estimate of drug-likeness (QED) is 0.791. The fraction of sp³-hybridized carbons (Fsp3) is 0.812. The van der Waals surface area contributed by atoms with Crippen molar-refractivity contribution in [3.8, 4) is 0 Å². The van der Waals surface area contributed by atoms with Gasteiger partial charge in [-0.15, -0.1) is 12.4 Å². The van der Waals surface area contributed by atoms with E-state index in [9.17, 15) is 8.42 Å². The summed E-state index contributed by atoms with van der Waals surface area (Å²) in [6, 6.07) is 0.0000491. The molecule has 0 spiro atoms. The maximum Gasteiger partial charge on any atom is 0.248 e. The van der Waals surface area contributed by atoms with Crippen LogP contribution in [0.3, 0.4) is 0 Å². The van der Waals surface area contributed by atoms with Crippen molar-refractivity contribution in [1.82, 2.24) is 19.7 Å². The first-order valence-corrected chi connectivity index (χ1v) is 10.3. The minimum atomic E-state index is -3.60. The van der Waals surface area contributed by atoms with Crippen molar-refractivity contribution in [2.75, 3.05) is 39.3 Å². The largest absolute Gasteiger partial charge is 0.360 e. The van der Waals surface area contributed by atoms with E-state index in [-0.39, 0.29) is 23.3 Å². The molecular formula is C16H29ClN4O3S. The number of aryl methyl sites for hydroxylation is 2. The Morgan fingerprint density at radius 3 is 2.56 bits per heavy atom. The molecule has 9 heteroatoms. The molecule has 1 atom stereocenters. The molecule has 1 aromatic heterocycles. The summed E-state index contributed by atoms with van der Waals surface area (Å²) in [4.78, 5) is 2.60. The Morgan fingerprint density at radius 2 is 2.00 bits per heavy atom. The summed E-state index contributed by atoms with van der Waals surface area (Å²) in [5, 5.41) is 7.17. The van der Waals surface area contributed by atoms with Crippen molar-refractivity contribution in [3.05, 3.63) is 11.5 Å². The van der Waals surface area contributed by atoms with Gasteiger partial charge in [0.15, 0.2) is 5.76 Å². The van der Waals surface area contributed by atoms with E-state index in [1.807, 2.05) is 0 Å². The van der Waals surface area contributed by atoms with Crippen LogP contribution in [-0.2, 0) is 10.0 Å². The predicted octanol–water partition coefficient (Wildman–Crippen LogP) is 1.55. The van der Waals surface area contributed by atoms with Gasteiger partial charge in [0.25, 0.3) is 0 Å². The molecular weight excluding hydrogens is 364 g/mol. The summed E-state index contributed by atoms with van der Waals surface area (Å²) in [7, 11) is -3.60. The molecule has 1 N–H and O–H groups in total. The van der Waals surface area contributed by atoms with Gasteiger partial charge >= 0.3 is 0 Å². The highest BCUT2D eigenvalue weighted by Gasteiger charge is 2.36. The van der Waals surface area contributed by atoms with Gasteiger partial charge in [0.1, 0.15) is 10.6 Å². The monoisotopic (exact) mass is 392 g/mol. The Bertz CT molecular complexity index is 633. The van der Waals surface area contributed by atoms with E-state index in [2.05, 4.69) is 15.4 Å². The molecule has 2 aliphatic heterocycles. The Balaban J connectivity index is 0.00000225. The van der Waals surface area contributed by atoms with Gasteiger partial charge in [-0.05, 0) is 59.2 Å². The standard InChI is InChI=1S/C16H28N4O3S.ClH/c1-13-16(14(2)23-18-13)24(21,22)20(15-6-5-7-17-12-15)11-10-19-8-3-4-9-19;/h15,17H,3-12H2,1-2H3;1H. The van der Waals surface area contributed by atoms with Crippen LogP contribution in [0.1, 0.15) is 37.1 Å². The predicted molar refractivity (Wildman–Crippen MR) is 98.7 cm³/mol. The highest BCUT2D eigenvalue weighted by atomic mass is 35.5. The lowest BCUT2D eigenvalue weighted by molar-refractivity contribution is 0.231. The number of aromatic nitrogens is 1. The average Bonchev–Trinajstić information content (AvgIpc) is 3.18. The zero-order valence-electron chi connectivity index (χ0n) is 15.0. The Hall–Kier alpha value is -0.670. The molecule has 25 heavy (non-hydrogen) atoms. The summed E-state index contributed by atoms with van der Waals surface area (Å²) >= 11 is 0. The lowest BCUT2D eigenvalue weighted by Crippen LogP contribution is -2.50. The van der Waals surface area contributed by atoms with Crippen LogP contribution in [0.25, 0.3) is 0 Å². The summed E-state index contributed by atoms with van der Waals surface area (Å²) in [6.45, 7) is 8.50. The average molecular weight is 393 g/mol. The van der Waals surface area contributed by atoms with E-state index in [0.29, 0.717) is 24.5 Å². The lowest BCUT2D eigenvalue weighted by atomic mass is 10.1. The van der Waals surface area contributed by atoms with E-state index in [1.54, 1.807) is 18.2 Å². The van der Waals surface area contributed by atoms with E-state index in [0.717, 1.165) is 39.0 Å².